The molecule has 0 aromatic carbocycles. The lowest BCUT2D eigenvalue weighted by atomic mass is 10.2. The summed E-state index contributed by atoms with van der Waals surface area (Å²) in [6.45, 7) is 9.31. The summed E-state index contributed by atoms with van der Waals surface area (Å²) in [6.07, 6.45) is 2.14. The van der Waals surface area contributed by atoms with E-state index < -0.39 is 0 Å². The molecule has 0 saturated heterocycles. The van der Waals surface area contributed by atoms with Gasteiger partial charge in [0.2, 0.25) is 0 Å². The van der Waals surface area contributed by atoms with E-state index in [0.29, 0.717) is 6.04 Å². The summed E-state index contributed by atoms with van der Waals surface area (Å²) in [4.78, 5) is 0. The Morgan fingerprint density at radius 1 is 1.47 bits per heavy atom. The molecule has 1 unspecified atom stereocenters. The van der Waals surface area contributed by atoms with Gasteiger partial charge < -0.3 is 11.1 Å². The predicted molar refractivity (Wildman–Crippen MR) is 65.0 cm³/mol. The van der Waals surface area contributed by atoms with Gasteiger partial charge in [-0.25, -0.2) is 4.68 Å². The third kappa shape index (κ3) is 2.64. The first kappa shape index (κ1) is 11.9. The Kier molecular flexibility index (Phi) is 4.00. The Morgan fingerprint density at radius 2 is 2.13 bits per heavy atom. The van der Waals surface area contributed by atoms with Crippen LogP contribution in [-0.2, 0) is 6.54 Å². The number of nitrogen functional groups attached to an aromatic ring is 1. The molecule has 0 amide bonds. The van der Waals surface area contributed by atoms with Crippen LogP contribution in [0, 0.1) is 6.92 Å². The number of nitrogens with one attached hydrogen (secondary N) is 1. The average molecular weight is 210 g/mol. The van der Waals surface area contributed by atoms with Gasteiger partial charge in [0, 0.05) is 12.6 Å². The summed E-state index contributed by atoms with van der Waals surface area (Å²) >= 11 is 0. The maximum atomic E-state index is 5.99. The van der Waals surface area contributed by atoms with E-state index in [-0.39, 0.29) is 0 Å². The number of rotatable bonds is 5. The molecule has 86 valence electrons. The monoisotopic (exact) mass is 210 g/mol. The van der Waals surface area contributed by atoms with Crippen LogP contribution in [0.25, 0.3) is 0 Å². The highest BCUT2D eigenvalue weighted by atomic mass is 15.3. The minimum absolute atomic E-state index is 0.430. The molecule has 1 atom stereocenters. The van der Waals surface area contributed by atoms with Crippen LogP contribution >= 0.6 is 0 Å². The molecule has 0 saturated carbocycles. The third-order valence-electron chi connectivity index (χ3n) is 2.60. The number of hydrogen-bond acceptors (Lipinski definition) is 3. The largest absolute Gasteiger partial charge is 0.394 e. The van der Waals surface area contributed by atoms with Gasteiger partial charge in [0.1, 0.15) is 5.82 Å². The maximum Gasteiger partial charge on any atom is 0.148 e. The van der Waals surface area contributed by atoms with E-state index in [9.17, 15) is 0 Å². The Balaban J connectivity index is 2.91. The van der Waals surface area contributed by atoms with Gasteiger partial charge in [0.15, 0.2) is 0 Å². The second kappa shape index (κ2) is 5.05. The molecule has 1 aromatic rings. The standard InChI is InChI=1S/C11H22N4/c1-5-7-15-11(13-8(3)6-2)10(12)9(4)14-15/h8,13H,5-7,12H2,1-4H3. The zero-order chi connectivity index (χ0) is 11.4. The zero-order valence-corrected chi connectivity index (χ0v) is 10.2. The fourth-order valence-corrected chi connectivity index (χ4v) is 1.46. The van der Waals surface area contributed by atoms with Crippen molar-refractivity contribution >= 4 is 11.5 Å². The molecular weight excluding hydrogens is 188 g/mol. The summed E-state index contributed by atoms with van der Waals surface area (Å²) in [5.41, 5.74) is 7.68. The first-order valence-corrected chi connectivity index (χ1v) is 5.69. The van der Waals surface area contributed by atoms with Crippen molar-refractivity contribution < 1.29 is 0 Å². The molecule has 0 bridgehead atoms. The van der Waals surface area contributed by atoms with Crippen molar-refractivity contribution in [1.29, 1.82) is 0 Å². The molecule has 1 aromatic heterocycles. The quantitative estimate of drug-likeness (QED) is 0.784. The Labute approximate surface area is 91.8 Å². The Morgan fingerprint density at radius 3 is 2.67 bits per heavy atom. The van der Waals surface area contributed by atoms with Crippen LogP contribution in [0.5, 0.6) is 0 Å². The minimum atomic E-state index is 0.430. The normalized spacial score (nSPS) is 12.8. The molecule has 0 aliphatic heterocycles. The molecule has 4 nitrogen and oxygen atoms in total. The molecule has 1 heterocycles. The van der Waals surface area contributed by atoms with Gasteiger partial charge in [-0.05, 0) is 26.7 Å². The molecule has 0 fully saturated rings. The molecule has 0 aliphatic carbocycles. The smallest absolute Gasteiger partial charge is 0.148 e. The van der Waals surface area contributed by atoms with Gasteiger partial charge >= 0.3 is 0 Å². The SMILES string of the molecule is CCCn1nc(C)c(N)c1NC(C)CC. The first-order chi connectivity index (χ1) is 7.10. The van der Waals surface area contributed by atoms with Crippen LogP contribution in [0.2, 0.25) is 0 Å². The number of aryl methyl sites for hydroxylation is 2. The van der Waals surface area contributed by atoms with Crippen LogP contribution in [-0.4, -0.2) is 15.8 Å². The Hall–Kier alpha value is -1.19. The van der Waals surface area contributed by atoms with Crippen molar-refractivity contribution in [2.75, 3.05) is 11.1 Å². The van der Waals surface area contributed by atoms with E-state index in [1.165, 1.54) is 0 Å². The number of anilines is 2. The summed E-state index contributed by atoms with van der Waals surface area (Å²) < 4.78 is 1.97. The zero-order valence-electron chi connectivity index (χ0n) is 10.2. The molecule has 0 aliphatic rings. The second-order valence-corrected chi connectivity index (χ2v) is 4.02. The van der Waals surface area contributed by atoms with Crippen LogP contribution in [0.3, 0.4) is 0 Å². The summed E-state index contributed by atoms with van der Waals surface area (Å²) in [5.74, 6) is 0.976. The molecular formula is C11H22N4. The van der Waals surface area contributed by atoms with Crippen molar-refractivity contribution in [1.82, 2.24) is 9.78 Å². The van der Waals surface area contributed by atoms with Crippen molar-refractivity contribution in [2.24, 2.45) is 0 Å². The van der Waals surface area contributed by atoms with E-state index in [1.807, 2.05) is 11.6 Å². The number of aromatic nitrogens is 2. The lowest BCUT2D eigenvalue weighted by molar-refractivity contribution is 0.596. The van der Waals surface area contributed by atoms with E-state index >= 15 is 0 Å². The highest BCUT2D eigenvalue weighted by Gasteiger charge is 2.13. The van der Waals surface area contributed by atoms with Crippen molar-refractivity contribution in [3.05, 3.63) is 5.69 Å². The summed E-state index contributed by atoms with van der Waals surface area (Å²) in [7, 11) is 0. The topological polar surface area (TPSA) is 55.9 Å². The average Bonchev–Trinajstić information content (AvgIpc) is 2.46. The minimum Gasteiger partial charge on any atom is -0.394 e. The second-order valence-electron chi connectivity index (χ2n) is 4.02. The lowest BCUT2D eigenvalue weighted by Gasteiger charge is -2.15. The van der Waals surface area contributed by atoms with Gasteiger partial charge in [0.05, 0.1) is 11.4 Å². The van der Waals surface area contributed by atoms with Gasteiger partial charge in [-0.3, -0.25) is 0 Å². The molecule has 1 rings (SSSR count). The number of nitrogens with two attached hydrogens (primary N) is 1. The summed E-state index contributed by atoms with van der Waals surface area (Å²) in [5, 5.41) is 7.83. The maximum absolute atomic E-state index is 5.99. The van der Waals surface area contributed by atoms with Gasteiger partial charge in [-0.15, -0.1) is 0 Å². The molecule has 0 radical (unpaired) electrons. The van der Waals surface area contributed by atoms with E-state index in [4.69, 9.17) is 5.73 Å². The summed E-state index contributed by atoms with van der Waals surface area (Å²) in [6, 6.07) is 0.430. The Bertz CT molecular complexity index is 317. The van der Waals surface area contributed by atoms with Crippen LogP contribution in [0.4, 0.5) is 11.5 Å². The van der Waals surface area contributed by atoms with Crippen LogP contribution < -0.4 is 11.1 Å². The highest BCUT2D eigenvalue weighted by molar-refractivity contribution is 5.65. The van der Waals surface area contributed by atoms with Crippen LogP contribution in [0.1, 0.15) is 39.3 Å². The lowest BCUT2D eigenvalue weighted by Crippen LogP contribution is -2.18. The first-order valence-electron chi connectivity index (χ1n) is 5.69. The van der Waals surface area contributed by atoms with E-state index in [1.54, 1.807) is 0 Å². The van der Waals surface area contributed by atoms with Gasteiger partial charge in [0.25, 0.3) is 0 Å². The van der Waals surface area contributed by atoms with Crippen molar-refractivity contribution in [2.45, 2.75) is 53.1 Å². The predicted octanol–water partition coefficient (Wildman–Crippen LogP) is 2.39. The number of nitrogens with zero attached hydrogens (tertiary/aromatic N) is 2. The van der Waals surface area contributed by atoms with Crippen LogP contribution in [0.15, 0.2) is 0 Å². The van der Waals surface area contributed by atoms with Gasteiger partial charge in [-0.2, -0.15) is 5.10 Å². The molecule has 15 heavy (non-hydrogen) atoms. The molecule has 3 N–H and O–H groups in total. The van der Waals surface area contributed by atoms with Gasteiger partial charge in [-0.1, -0.05) is 13.8 Å². The third-order valence-corrected chi connectivity index (χ3v) is 2.60. The molecule has 4 heteroatoms. The highest BCUT2D eigenvalue weighted by Crippen LogP contribution is 2.23. The number of hydrogen-bond donors (Lipinski definition) is 2. The van der Waals surface area contributed by atoms with Crippen molar-refractivity contribution in [3.63, 3.8) is 0 Å². The fourth-order valence-electron chi connectivity index (χ4n) is 1.46. The van der Waals surface area contributed by atoms with E-state index in [2.05, 4.69) is 31.2 Å². The van der Waals surface area contributed by atoms with E-state index in [0.717, 1.165) is 36.6 Å². The fraction of sp³-hybridized carbons (Fsp3) is 0.727. The van der Waals surface area contributed by atoms with Crippen molar-refractivity contribution in [3.8, 4) is 0 Å². The molecule has 0 spiro atoms.